The van der Waals surface area contributed by atoms with E-state index < -0.39 is 0 Å². The average Bonchev–Trinajstić information content (AvgIpc) is 2.47. The molecule has 2 nitrogen and oxygen atoms in total. The van der Waals surface area contributed by atoms with E-state index in [0.717, 1.165) is 27.8 Å². The van der Waals surface area contributed by atoms with Crippen molar-refractivity contribution in [2.45, 2.75) is 0 Å². The third kappa shape index (κ3) is 2.27. The fourth-order valence-corrected chi connectivity index (χ4v) is 2.02. The first-order chi connectivity index (χ1) is 9.26. The van der Waals surface area contributed by atoms with Crippen LogP contribution in [0.1, 0.15) is 0 Å². The van der Waals surface area contributed by atoms with Crippen LogP contribution in [0.15, 0.2) is 54.7 Å². The van der Waals surface area contributed by atoms with E-state index in [-0.39, 0.29) is 5.82 Å². The summed E-state index contributed by atoms with van der Waals surface area (Å²) in [7, 11) is 1.64. The maximum Gasteiger partial charge on any atom is 0.123 e. The van der Waals surface area contributed by atoms with E-state index in [1.807, 2.05) is 30.5 Å². The van der Waals surface area contributed by atoms with Gasteiger partial charge in [0.2, 0.25) is 0 Å². The molecule has 0 aliphatic rings. The Morgan fingerprint density at radius 2 is 1.74 bits per heavy atom. The smallest absolute Gasteiger partial charge is 0.123 e. The number of fused-ring (bicyclic) bond motifs is 1. The van der Waals surface area contributed by atoms with Crippen LogP contribution in [0.4, 0.5) is 4.39 Å². The number of benzene rings is 2. The number of rotatable bonds is 2. The number of halogens is 1. The van der Waals surface area contributed by atoms with E-state index >= 15 is 0 Å². The van der Waals surface area contributed by atoms with Crippen LogP contribution in [0.2, 0.25) is 0 Å². The normalized spacial score (nSPS) is 10.6. The Morgan fingerprint density at radius 3 is 2.47 bits per heavy atom. The van der Waals surface area contributed by atoms with Crippen LogP contribution < -0.4 is 4.74 Å². The highest BCUT2D eigenvalue weighted by atomic mass is 19.1. The summed E-state index contributed by atoms with van der Waals surface area (Å²) in [6, 6.07) is 14.1. The largest absolute Gasteiger partial charge is 0.497 e. The predicted molar refractivity (Wildman–Crippen MR) is 73.7 cm³/mol. The molecule has 0 aliphatic heterocycles. The lowest BCUT2D eigenvalue weighted by atomic mass is 10.1. The monoisotopic (exact) mass is 253 g/mol. The third-order valence-electron chi connectivity index (χ3n) is 3.07. The van der Waals surface area contributed by atoms with Gasteiger partial charge in [-0.25, -0.2) is 4.39 Å². The van der Waals surface area contributed by atoms with Gasteiger partial charge in [0.25, 0.3) is 0 Å². The van der Waals surface area contributed by atoms with Gasteiger partial charge in [-0.05, 0) is 53.9 Å². The Morgan fingerprint density at radius 1 is 0.947 bits per heavy atom. The SMILES string of the molecule is COc1ccc2cnc(-c3ccc(F)cc3)cc2c1. The van der Waals surface area contributed by atoms with Gasteiger partial charge < -0.3 is 4.74 Å². The van der Waals surface area contributed by atoms with E-state index in [1.165, 1.54) is 12.1 Å². The quantitative estimate of drug-likeness (QED) is 0.687. The Labute approximate surface area is 110 Å². The topological polar surface area (TPSA) is 22.1 Å². The molecule has 0 amide bonds. The average molecular weight is 253 g/mol. The summed E-state index contributed by atoms with van der Waals surface area (Å²) in [6.45, 7) is 0. The van der Waals surface area contributed by atoms with Gasteiger partial charge in [-0.2, -0.15) is 0 Å². The Hall–Kier alpha value is -2.42. The summed E-state index contributed by atoms with van der Waals surface area (Å²) in [5, 5.41) is 2.10. The molecule has 3 heteroatoms. The number of aromatic nitrogens is 1. The maximum atomic E-state index is 12.9. The highest BCUT2D eigenvalue weighted by Crippen LogP contribution is 2.25. The van der Waals surface area contributed by atoms with Crippen molar-refractivity contribution >= 4 is 10.8 Å². The lowest BCUT2D eigenvalue weighted by molar-refractivity contribution is 0.415. The second-order valence-corrected chi connectivity index (χ2v) is 4.29. The molecular formula is C16H12FNO. The second-order valence-electron chi connectivity index (χ2n) is 4.29. The van der Waals surface area contributed by atoms with Crippen molar-refractivity contribution in [3.8, 4) is 17.0 Å². The molecule has 3 aromatic rings. The van der Waals surface area contributed by atoms with E-state index in [4.69, 9.17) is 4.74 Å². The summed E-state index contributed by atoms with van der Waals surface area (Å²) in [6.07, 6.45) is 1.81. The highest BCUT2D eigenvalue weighted by molar-refractivity contribution is 5.86. The minimum Gasteiger partial charge on any atom is -0.497 e. The molecule has 0 bridgehead atoms. The molecule has 1 aromatic heterocycles. The van der Waals surface area contributed by atoms with Crippen LogP contribution in [0.5, 0.6) is 5.75 Å². The molecule has 19 heavy (non-hydrogen) atoms. The summed E-state index contributed by atoms with van der Waals surface area (Å²) < 4.78 is 18.1. The van der Waals surface area contributed by atoms with Crippen molar-refractivity contribution < 1.29 is 9.13 Å². The molecular weight excluding hydrogens is 241 g/mol. The van der Waals surface area contributed by atoms with Gasteiger partial charge in [0.1, 0.15) is 11.6 Å². The lowest BCUT2D eigenvalue weighted by Crippen LogP contribution is -1.86. The number of ether oxygens (including phenoxy) is 1. The van der Waals surface area contributed by atoms with Gasteiger partial charge in [0, 0.05) is 17.1 Å². The van der Waals surface area contributed by atoms with Gasteiger partial charge >= 0.3 is 0 Å². The highest BCUT2D eigenvalue weighted by Gasteiger charge is 2.03. The van der Waals surface area contributed by atoms with Gasteiger partial charge in [0.05, 0.1) is 12.8 Å². The Kier molecular flexibility index (Phi) is 2.88. The molecule has 0 unspecified atom stereocenters. The molecule has 0 atom stereocenters. The van der Waals surface area contributed by atoms with Crippen molar-refractivity contribution in [1.29, 1.82) is 0 Å². The Bertz CT molecular complexity index is 722. The molecule has 0 N–H and O–H groups in total. The second kappa shape index (κ2) is 4.69. The number of hydrogen-bond acceptors (Lipinski definition) is 2. The van der Waals surface area contributed by atoms with Gasteiger partial charge in [-0.15, -0.1) is 0 Å². The number of nitrogens with zero attached hydrogens (tertiary/aromatic N) is 1. The fraction of sp³-hybridized carbons (Fsp3) is 0.0625. The molecule has 0 saturated heterocycles. The third-order valence-corrected chi connectivity index (χ3v) is 3.07. The lowest BCUT2D eigenvalue weighted by Gasteiger charge is -2.05. The van der Waals surface area contributed by atoms with Crippen molar-refractivity contribution in [3.05, 3.63) is 60.5 Å². The van der Waals surface area contributed by atoms with Gasteiger partial charge in [-0.3, -0.25) is 4.98 Å². The summed E-state index contributed by atoms with van der Waals surface area (Å²) >= 11 is 0. The minimum absolute atomic E-state index is 0.244. The fourth-order valence-electron chi connectivity index (χ4n) is 2.02. The van der Waals surface area contributed by atoms with Crippen LogP contribution in [0.25, 0.3) is 22.0 Å². The van der Waals surface area contributed by atoms with Crippen LogP contribution in [0.3, 0.4) is 0 Å². The predicted octanol–water partition coefficient (Wildman–Crippen LogP) is 4.05. The van der Waals surface area contributed by atoms with E-state index in [9.17, 15) is 4.39 Å². The van der Waals surface area contributed by atoms with Crippen molar-refractivity contribution in [3.63, 3.8) is 0 Å². The van der Waals surface area contributed by atoms with Crippen LogP contribution in [-0.2, 0) is 0 Å². The first-order valence-electron chi connectivity index (χ1n) is 5.96. The van der Waals surface area contributed by atoms with Gasteiger partial charge in [0.15, 0.2) is 0 Å². The van der Waals surface area contributed by atoms with Gasteiger partial charge in [-0.1, -0.05) is 0 Å². The molecule has 0 aliphatic carbocycles. The Balaban J connectivity index is 2.12. The molecule has 3 rings (SSSR count). The van der Waals surface area contributed by atoms with Crippen molar-refractivity contribution in [2.24, 2.45) is 0 Å². The summed E-state index contributed by atoms with van der Waals surface area (Å²) in [5.41, 5.74) is 1.71. The first kappa shape index (κ1) is 11.7. The van der Waals surface area contributed by atoms with E-state index in [2.05, 4.69) is 4.98 Å². The summed E-state index contributed by atoms with van der Waals surface area (Å²) in [5.74, 6) is 0.565. The molecule has 0 spiro atoms. The minimum atomic E-state index is -0.244. The molecule has 2 aromatic carbocycles. The summed E-state index contributed by atoms with van der Waals surface area (Å²) in [4.78, 5) is 4.40. The molecule has 0 saturated carbocycles. The zero-order valence-corrected chi connectivity index (χ0v) is 10.4. The zero-order valence-electron chi connectivity index (χ0n) is 10.4. The molecule has 0 radical (unpaired) electrons. The van der Waals surface area contributed by atoms with Crippen molar-refractivity contribution in [2.75, 3.05) is 7.11 Å². The van der Waals surface area contributed by atoms with Crippen LogP contribution in [0, 0.1) is 5.82 Å². The van der Waals surface area contributed by atoms with Crippen LogP contribution in [-0.4, -0.2) is 12.1 Å². The molecule has 94 valence electrons. The standard InChI is InChI=1S/C16H12FNO/c1-19-15-7-4-12-10-18-16(9-13(12)8-15)11-2-5-14(17)6-3-11/h2-10H,1H3. The number of methoxy groups -OCH3 is 1. The molecule has 0 fully saturated rings. The van der Waals surface area contributed by atoms with Crippen molar-refractivity contribution in [1.82, 2.24) is 4.98 Å². The number of pyridine rings is 1. The van der Waals surface area contributed by atoms with E-state index in [0.29, 0.717) is 0 Å². The first-order valence-corrected chi connectivity index (χ1v) is 5.96. The van der Waals surface area contributed by atoms with E-state index in [1.54, 1.807) is 19.2 Å². The maximum absolute atomic E-state index is 12.9. The van der Waals surface area contributed by atoms with Crippen LogP contribution >= 0.6 is 0 Å². The zero-order chi connectivity index (χ0) is 13.2. The molecule has 1 heterocycles. The number of hydrogen-bond donors (Lipinski definition) is 0.